The zero-order valence-electron chi connectivity index (χ0n) is 19.9. The number of hydrogen-bond donors (Lipinski definition) is 1. The van der Waals surface area contributed by atoms with Gasteiger partial charge in [-0.25, -0.2) is 18.2 Å². The fourth-order valence-electron chi connectivity index (χ4n) is 4.30. The molecule has 2 aromatic carbocycles. The Morgan fingerprint density at radius 2 is 1.44 bits per heavy atom. The molecular weight excluding hydrogens is 473 g/mol. The zero-order valence-corrected chi connectivity index (χ0v) is 19.9. The first kappa shape index (κ1) is 24.1. The summed E-state index contributed by atoms with van der Waals surface area (Å²) in [5.74, 6) is -3.45. The van der Waals surface area contributed by atoms with Gasteiger partial charge in [-0.1, -0.05) is 0 Å². The lowest BCUT2D eigenvalue weighted by molar-refractivity contribution is 0.122. The van der Waals surface area contributed by atoms with Crippen molar-refractivity contribution in [3.8, 4) is 0 Å². The predicted molar refractivity (Wildman–Crippen MR) is 132 cm³/mol. The summed E-state index contributed by atoms with van der Waals surface area (Å²) in [5.41, 5.74) is 2.77. The van der Waals surface area contributed by atoms with E-state index in [1.807, 2.05) is 12.1 Å². The number of ether oxygens (including phenoxy) is 2. The maximum Gasteiger partial charge on any atom is 0.229 e. The van der Waals surface area contributed by atoms with E-state index in [2.05, 4.69) is 31.2 Å². The minimum atomic E-state index is -1.53. The summed E-state index contributed by atoms with van der Waals surface area (Å²) in [7, 11) is 1.53. The van der Waals surface area contributed by atoms with Crippen molar-refractivity contribution in [1.29, 1.82) is 0 Å². The lowest BCUT2D eigenvalue weighted by Crippen LogP contribution is -2.38. The predicted octanol–water partition coefficient (Wildman–Crippen LogP) is 4.08. The average molecular weight is 501 g/mol. The van der Waals surface area contributed by atoms with E-state index in [9.17, 15) is 13.2 Å². The van der Waals surface area contributed by atoms with E-state index in [4.69, 9.17) is 9.47 Å². The molecule has 5 rings (SSSR count). The molecule has 11 heteroatoms. The molecule has 8 nitrogen and oxygen atoms in total. The molecule has 0 radical (unpaired) electrons. The summed E-state index contributed by atoms with van der Waals surface area (Å²) in [4.78, 5) is 14.7. The van der Waals surface area contributed by atoms with Crippen LogP contribution >= 0.6 is 0 Å². The number of halogens is 3. The summed E-state index contributed by atoms with van der Waals surface area (Å²) in [6, 6.07) is 9.85. The molecule has 190 valence electrons. The highest BCUT2D eigenvalue weighted by Gasteiger charge is 2.20. The van der Waals surface area contributed by atoms with Crippen molar-refractivity contribution in [2.24, 2.45) is 0 Å². The summed E-state index contributed by atoms with van der Waals surface area (Å²) >= 11 is 0. The Hall–Kier alpha value is -3.57. The minimum Gasteiger partial charge on any atom is -0.378 e. The molecule has 0 spiro atoms. The summed E-state index contributed by atoms with van der Waals surface area (Å²) in [6.45, 7) is 5.85. The van der Waals surface area contributed by atoms with Crippen LogP contribution in [0.3, 0.4) is 0 Å². The van der Waals surface area contributed by atoms with Crippen LogP contribution in [0, 0.1) is 17.5 Å². The van der Waals surface area contributed by atoms with Gasteiger partial charge in [0.25, 0.3) is 0 Å². The normalized spacial score (nSPS) is 16.2. The molecule has 0 atom stereocenters. The maximum absolute atomic E-state index is 14.3. The molecule has 0 amide bonds. The molecule has 2 fully saturated rings. The van der Waals surface area contributed by atoms with Crippen molar-refractivity contribution in [2.45, 2.75) is 0 Å². The summed E-state index contributed by atoms with van der Waals surface area (Å²) in [5, 5.41) is 3.25. The van der Waals surface area contributed by atoms with Crippen LogP contribution in [0.25, 0.3) is 0 Å². The molecule has 0 bridgehead atoms. The Balaban J connectivity index is 1.43. The van der Waals surface area contributed by atoms with Crippen LogP contribution in [-0.2, 0) is 9.47 Å². The highest BCUT2D eigenvalue weighted by atomic mass is 19.2. The van der Waals surface area contributed by atoms with Crippen LogP contribution in [0.5, 0.6) is 0 Å². The van der Waals surface area contributed by atoms with Crippen LogP contribution in [0.1, 0.15) is 0 Å². The number of rotatable bonds is 6. The van der Waals surface area contributed by atoms with Gasteiger partial charge in [-0.3, -0.25) is 0 Å². The third-order valence-electron chi connectivity index (χ3n) is 6.27. The molecule has 2 aliphatic rings. The van der Waals surface area contributed by atoms with Crippen molar-refractivity contribution in [2.75, 3.05) is 79.7 Å². The second-order valence-electron chi connectivity index (χ2n) is 8.55. The van der Waals surface area contributed by atoms with Gasteiger partial charge in [-0.15, -0.1) is 0 Å². The lowest BCUT2D eigenvalue weighted by Gasteiger charge is -2.33. The first-order valence-electron chi connectivity index (χ1n) is 11.8. The highest BCUT2D eigenvalue weighted by molar-refractivity contribution is 5.72. The zero-order chi connectivity index (χ0) is 25.1. The van der Waals surface area contributed by atoms with E-state index in [1.54, 1.807) is 6.07 Å². The van der Waals surface area contributed by atoms with E-state index in [0.29, 0.717) is 32.2 Å². The lowest BCUT2D eigenvalue weighted by atomic mass is 10.2. The molecule has 1 N–H and O–H groups in total. The van der Waals surface area contributed by atoms with E-state index < -0.39 is 17.5 Å². The van der Waals surface area contributed by atoms with Crippen molar-refractivity contribution in [3.05, 3.63) is 60.0 Å². The maximum atomic E-state index is 14.3. The second-order valence-corrected chi connectivity index (χ2v) is 8.55. The van der Waals surface area contributed by atoms with Gasteiger partial charge in [0, 0.05) is 56.5 Å². The monoisotopic (exact) mass is 500 g/mol. The SMILES string of the molecule is CN(c1ccnc(Nc2cc(N3CCOCC3)cc(N3CCOCC3)c2)n1)c1ccc(F)c(F)c1F. The molecule has 1 aromatic heterocycles. The Kier molecular flexibility index (Phi) is 7.10. The number of benzene rings is 2. The van der Waals surface area contributed by atoms with Gasteiger partial charge >= 0.3 is 0 Å². The molecule has 2 aliphatic heterocycles. The molecule has 0 saturated carbocycles. The van der Waals surface area contributed by atoms with Gasteiger partial charge in [0.1, 0.15) is 5.82 Å². The summed E-state index contributed by atoms with van der Waals surface area (Å²) in [6.07, 6.45) is 1.52. The molecule has 3 heterocycles. The Morgan fingerprint density at radius 1 is 0.833 bits per heavy atom. The number of anilines is 6. The van der Waals surface area contributed by atoms with Gasteiger partial charge in [-0.2, -0.15) is 4.98 Å². The Morgan fingerprint density at radius 3 is 2.06 bits per heavy atom. The molecule has 36 heavy (non-hydrogen) atoms. The van der Waals surface area contributed by atoms with E-state index >= 15 is 0 Å². The van der Waals surface area contributed by atoms with Gasteiger partial charge in [0.05, 0.1) is 32.1 Å². The molecular formula is C25H27F3N6O2. The van der Waals surface area contributed by atoms with Crippen LogP contribution in [-0.4, -0.2) is 69.6 Å². The molecule has 3 aromatic rings. The third-order valence-corrected chi connectivity index (χ3v) is 6.27. The van der Waals surface area contributed by atoms with Crippen molar-refractivity contribution in [3.63, 3.8) is 0 Å². The molecule has 0 unspecified atom stereocenters. The fraction of sp³-hybridized carbons (Fsp3) is 0.360. The standard InChI is InChI=1S/C25H27F3N6O2/c1-32(21-3-2-20(26)23(27)24(21)28)22-4-5-29-25(31-22)30-17-14-18(33-6-10-35-11-7-33)16-19(15-17)34-8-12-36-13-9-34/h2-5,14-16H,6-13H2,1H3,(H,29,30,31). The van der Waals surface area contributed by atoms with Crippen molar-refractivity contribution >= 4 is 34.5 Å². The fourth-order valence-corrected chi connectivity index (χ4v) is 4.30. The van der Waals surface area contributed by atoms with E-state index in [1.165, 1.54) is 24.2 Å². The van der Waals surface area contributed by atoms with Crippen LogP contribution in [0.2, 0.25) is 0 Å². The van der Waals surface area contributed by atoms with Crippen LogP contribution < -0.4 is 20.0 Å². The molecule has 2 saturated heterocycles. The Bertz CT molecular complexity index is 1180. The van der Waals surface area contributed by atoms with E-state index in [-0.39, 0.29) is 11.6 Å². The van der Waals surface area contributed by atoms with Gasteiger partial charge in [-0.05, 0) is 36.4 Å². The first-order valence-corrected chi connectivity index (χ1v) is 11.8. The largest absolute Gasteiger partial charge is 0.378 e. The van der Waals surface area contributed by atoms with E-state index in [0.717, 1.165) is 49.3 Å². The first-order chi connectivity index (χ1) is 17.5. The average Bonchev–Trinajstić information content (AvgIpc) is 2.92. The van der Waals surface area contributed by atoms with Crippen LogP contribution in [0.15, 0.2) is 42.6 Å². The van der Waals surface area contributed by atoms with Gasteiger partial charge in [0.15, 0.2) is 17.5 Å². The van der Waals surface area contributed by atoms with Crippen molar-refractivity contribution in [1.82, 2.24) is 9.97 Å². The third kappa shape index (κ3) is 5.17. The van der Waals surface area contributed by atoms with Crippen molar-refractivity contribution < 1.29 is 22.6 Å². The highest BCUT2D eigenvalue weighted by Crippen LogP contribution is 2.32. The number of aromatic nitrogens is 2. The topological polar surface area (TPSA) is 66.0 Å². The smallest absolute Gasteiger partial charge is 0.229 e. The second kappa shape index (κ2) is 10.6. The van der Waals surface area contributed by atoms with Gasteiger partial charge in [0.2, 0.25) is 5.95 Å². The number of nitrogens with one attached hydrogen (secondary N) is 1. The minimum absolute atomic E-state index is 0.137. The Labute approximate surface area is 207 Å². The number of hydrogen-bond acceptors (Lipinski definition) is 8. The van der Waals surface area contributed by atoms with Crippen LogP contribution in [0.4, 0.5) is 47.7 Å². The quantitative estimate of drug-likeness (QED) is 0.508. The molecule has 0 aliphatic carbocycles. The number of nitrogens with zero attached hydrogens (tertiary/aromatic N) is 5. The summed E-state index contributed by atoms with van der Waals surface area (Å²) < 4.78 is 52.5. The van der Waals surface area contributed by atoms with Gasteiger partial charge < -0.3 is 29.5 Å². The number of morpholine rings is 2.